The van der Waals surface area contributed by atoms with Gasteiger partial charge in [0, 0.05) is 5.92 Å². The molecule has 2 fully saturated rings. The van der Waals surface area contributed by atoms with E-state index < -0.39 is 0 Å². The Bertz CT molecular complexity index is 499. The molecule has 0 aromatic heterocycles. The van der Waals surface area contributed by atoms with E-state index in [0.29, 0.717) is 6.61 Å². The van der Waals surface area contributed by atoms with Gasteiger partial charge in [0.05, 0.1) is 12.6 Å². The van der Waals surface area contributed by atoms with Crippen molar-refractivity contribution >= 4 is 5.91 Å². The maximum atomic E-state index is 11.9. The fourth-order valence-corrected chi connectivity index (χ4v) is 2.86. The minimum absolute atomic E-state index is 0.0503. The Kier molecular flexibility index (Phi) is 4.32. The van der Waals surface area contributed by atoms with Gasteiger partial charge in [0.2, 0.25) is 5.91 Å². The highest BCUT2D eigenvalue weighted by Gasteiger charge is 2.35. The van der Waals surface area contributed by atoms with Gasteiger partial charge in [-0.25, -0.2) is 0 Å². The smallest absolute Gasteiger partial charge is 0.223 e. The first kappa shape index (κ1) is 14.2. The van der Waals surface area contributed by atoms with E-state index >= 15 is 0 Å². The van der Waals surface area contributed by atoms with Crippen LogP contribution in [0.15, 0.2) is 24.3 Å². The summed E-state index contributed by atoms with van der Waals surface area (Å²) >= 11 is 0. The number of hydrogen-bond donors (Lipinski definition) is 1. The molecule has 114 valence electrons. The predicted octanol–water partition coefficient (Wildman–Crippen LogP) is 2.91. The molecule has 3 rings (SSSR count). The average molecular weight is 289 g/mol. The quantitative estimate of drug-likeness (QED) is 0.876. The van der Waals surface area contributed by atoms with Crippen LogP contribution in [-0.2, 0) is 4.79 Å². The summed E-state index contributed by atoms with van der Waals surface area (Å²) < 4.78 is 11.7. The van der Waals surface area contributed by atoms with E-state index in [9.17, 15) is 4.79 Å². The van der Waals surface area contributed by atoms with Gasteiger partial charge in [-0.2, -0.15) is 0 Å². The maximum Gasteiger partial charge on any atom is 0.223 e. The normalized spacial score (nSPS) is 24.6. The van der Waals surface area contributed by atoms with E-state index in [0.717, 1.165) is 43.6 Å². The lowest BCUT2D eigenvalue weighted by molar-refractivity contribution is -0.123. The van der Waals surface area contributed by atoms with Gasteiger partial charge in [-0.3, -0.25) is 4.79 Å². The highest BCUT2D eigenvalue weighted by Crippen LogP contribution is 2.33. The molecule has 0 spiro atoms. The van der Waals surface area contributed by atoms with Gasteiger partial charge >= 0.3 is 0 Å². The number of hydrogen-bond acceptors (Lipinski definition) is 3. The molecule has 2 saturated carbocycles. The monoisotopic (exact) mass is 289 g/mol. The van der Waals surface area contributed by atoms with Crippen molar-refractivity contribution < 1.29 is 14.3 Å². The summed E-state index contributed by atoms with van der Waals surface area (Å²) in [6.45, 7) is 2.58. The van der Waals surface area contributed by atoms with Crippen molar-refractivity contribution in [3.8, 4) is 11.5 Å². The van der Waals surface area contributed by atoms with E-state index in [1.54, 1.807) is 0 Å². The van der Waals surface area contributed by atoms with Crippen molar-refractivity contribution in [3.63, 3.8) is 0 Å². The van der Waals surface area contributed by atoms with Gasteiger partial charge in [0.15, 0.2) is 11.5 Å². The fourth-order valence-electron chi connectivity index (χ4n) is 2.86. The molecule has 1 aromatic carbocycles. The maximum absolute atomic E-state index is 11.9. The average Bonchev–Trinajstić information content (AvgIpc) is 3.25. The third kappa shape index (κ3) is 3.49. The lowest BCUT2D eigenvalue weighted by atomic mass is 10.2. The van der Waals surface area contributed by atoms with Crippen LogP contribution in [0, 0.1) is 5.92 Å². The minimum atomic E-state index is 0.0503. The van der Waals surface area contributed by atoms with Crippen molar-refractivity contribution in [3.05, 3.63) is 24.3 Å². The molecule has 2 aliphatic rings. The molecule has 2 atom stereocenters. The second kappa shape index (κ2) is 6.37. The Morgan fingerprint density at radius 3 is 2.67 bits per heavy atom. The molecular formula is C17H23NO3. The molecule has 2 aliphatic carbocycles. The second-order valence-corrected chi connectivity index (χ2v) is 5.86. The Morgan fingerprint density at radius 2 is 1.95 bits per heavy atom. The molecule has 1 aromatic rings. The molecule has 0 heterocycles. The summed E-state index contributed by atoms with van der Waals surface area (Å²) in [6.07, 6.45) is 5.20. The van der Waals surface area contributed by atoms with Crippen LogP contribution in [0.3, 0.4) is 0 Å². The van der Waals surface area contributed by atoms with Crippen LogP contribution < -0.4 is 14.8 Å². The van der Waals surface area contributed by atoms with E-state index in [2.05, 4.69) is 5.32 Å². The highest BCUT2D eigenvalue weighted by atomic mass is 16.5. The topological polar surface area (TPSA) is 47.6 Å². The molecule has 0 saturated heterocycles. The van der Waals surface area contributed by atoms with Crippen LogP contribution in [0.4, 0.5) is 0 Å². The third-order valence-corrected chi connectivity index (χ3v) is 4.16. The van der Waals surface area contributed by atoms with Gasteiger partial charge in [0.25, 0.3) is 0 Å². The molecule has 1 N–H and O–H groups in total. The van der Waals surface area contributed by atoms with Crippen LogP contribution in [0.1, 0.15) is 39.0 Å². The SMILES string of the molecule is CCOc1ccccc1O[C@@H]1CCC[C@@H]1NC(=O)C1CC1. The van der Waals surface area contributed by atoms with Crippen LogP contribution >= 0.6 is 0 Å². The summed E-state index contributed by atoms with van der Waals surface area (Å²) in [4.78, 5) is 11.9. The lowest BCUT2D eigenvalue weighted by Gasteiger charge is -2.23. The molecule has 0 bridgehead atoms. The number of carbonyl (C=O) groups excluding carboxylic acids is 1. The number of nitrogens with one attached hydrogen (secondary N) is 1. The zero-order chi connectivity index (χ0) is 14.7. The summed E-state index contributed by atoms with van der Waals surface area (Å²) in [5, 5.41) is 3.16. The van der Waals surface area contributed by atoms with Crippen LogP contribution in [0.25, 0.3) is 0 Å². The first-order valence-corrected chi connectivity index (χ1v) is 7.96. The lowest BCUT2D eigenvalue weighted by Crippen LogP contribution is -2.43. The van der Waals surface area contributed by atoms with Gasteiger partial charge in [-0.15, -0.1) is 0 Å². The van der Waals surface area contributed by atoms with Crippen molar-refractivity contribution in [1.29, 1.82) is 0 Å². The number of para-hydroxylation sites is 2. The molecule has 21 heavy (non-hydrogen) atoms. The predicted molar refractivity (Wildman–Crippen MR) is 80.5 cm³/mol. The van der Waals surface area contributed by atoms with E-state index in [1.807, 2.05) is 31.2 Å². The van der Waals surface area contributed by atoms with Crippen LogP contribution in [0.5, 0.6) is 11.5 Å². The Labute approximate surface area is 125 Å². The van der Waals surface area contributed by atoms with Gasteiger partial charge < -0.3 is 14.8 Å². The number of amides is 1. The molecule has 4 heteroatoms. The first-order valence-electron chi connectivity index (χ1n) is 7.96. The van der Waals surface area contributed by atoms with Crippen molar-refractivity contribution in [2.24, 2.45) is 5.92 Å². The molecule has 0 aliphatic heterocycles. The second-order valence-electron chi connectivity index (χ2n) is 5.86. The summed E-state index contributed by atoms with van der Waals surface area (Å²) in [5.74, 6) is 2.01. The molecular weight excluding hydrogens is 266 g/mol. The largest absolute Gasteiger partial charge is 0.490 e. The van der Waals surface area contributed by atoms with Gasteiger partial charge in [-0.1, -0.05) is 12.1 Å². The molecule has 0 unspecified atom stereocenters. The number of benzene rings is 1. The summed E-state index contributed by atoms with van der Waals surface area (Å²) in [5.41, 5.74) is 0. The van der Waals surface area contributed by atoms with Crippen LogP contribution in [-0.4, -0.2) is 24.7 Å². The number of ether oxygens (including phenoxy) is 2. The minimum Gasteiger partial charge on any atom is -0.490 e. The fraction of sp³-hybridized carbons (Fsp3) is 0.588. The van der Waals surface area contributed by atoms with Gasteiger partial charge in [0.1, 0.15) is 6.10 Å². The Hall–Kier alpha value is -1.71. The number of carbonyl (C=O) groups is 1. The van der Waals surface area contributed by atoms with E-state index in [1.165, 1.54) is 0 Å². The standard InChI is InChI=1S/C17H23NO3/c1-2-20-15-7-3-4-8-16(15)21-14-9-5-6-13(14)18-17(19)12-10-11-12/h3-4,7-8,12-14H,2,5-6,9-11H2,1H3,(H,18,19)/t13-,14+/m0/s1. The van der Waals surface area contributed by atoms with E-state index in [-0.39, 0.29) is 24.0 Å². The third-order valence-electron chi connectivity index (χ3n) is 4.16. The molecule has 4 nitrogen and oxygen atoms in total. The van der Waals surface area contributed by atoms with Crippen molar-refractivity contribution in [1.82, 2.24) is 5.32 Å². The molecule has 0 radical (unpaired) electrons. The Morgan fingerprint density at radius 1 is 1.19 bits per heavy atom. The van der Waals surface area contributed by atoms with Crippen LogP contribution in [0.2, 0.25) is 0 Å². The zero-order valence-electron chi connectivity index (χ0n) is 12.5. The van der Waals surface area contributed by atoms with Crippen molar-refractivity contribution in [2.45, 2.75) is 51.2 Å². The summed E-state index contributed by atoms with van der Waals surface area (Å²) in [6, 6.07) is 7.88. The van der Waals surface area contributed by atoms with Crippen molar-refractivity contribution in [2.75, 3.05) is 6.61 Å². The summed E-state index contributed by atoms with van der Waals surface area (Å²) in [7, 11) is 0. The highest BCUT2D eigenvalue weighted by molar-refractivity contribution is 5.81. The Balaban J connectivity index is 1.64. The van der Waals surface area contributed by atoms with E-state index in [4.69, 9.17) is 9.47 Å². The molecule has 1 amide bonds. The zero-order valence-corrected chi connectivity index (χ0v) is 12.5. The van der Waals surface area contributed by atoms with Gasteiger partial charge in [-0.05, 0) is 51.2 Å². The first-order chi connectivity index (χ1) is 10.3. The number of rotatable bonds is 6.